The molecule has 0 spiro atoms. The smallest absolute Gasteiger partial charge is 0.265 e. The third-order valence-electron chi connectivity index (χ3n) is 5.78. The highest BCUT2D eigenvalue weighted by atomic mass is 16.1. The van der Waals surface area contributed by atoms with Crippen molar-refractivity contribution in [2.24, 2.45) is 0 Å². The van der Waals surface area contributed by atoms with E-state index in [2.05, 4.69) is 13.0 Å². The summed E-state index contributed by atoms with van der Waals surface area (Å²) in [4.78, 5) is 28.3. The molecule has 0 fully saturated rings. The molecule has 3 heterocycles. The molecule has 6 nitrogen and oxygen atoms in total. The van der Waals surface area contributed by atoms with Crippen LogP contribution in [0.3, 0.4) is 0 Å². The first-order valence-corrected chi connectivity index (χ1v) is 10.3. The number of aromatic nitrogens is 5. The third kappa shape index (κ3) is 2.64. The summed E-state index contributed by atoms with van der Waals surface area (Å²) in [6, 6.07) is 15.9. The Morgan fingerprint density at radius 1 is 0.933 bits per heavy atom. The average Bonchev–Trinajstić information content (AvgIpc) is 3.04. The summed E-state index contributed by atoms with van der Waals surface area (Å²) >= 11 is 0. The maximum absolute atomic E-state index is 13.7. The van der Waals surface area contributed by atoms with Crippen LogP contribution in [-0.4, -0.2) is 24.1 Å². The van der Waals surface area contributed by atoms with E-state index in [0.29, 0.717) is 28.0 Å². The number of para-hydroxylation sites is 2. The molecular weight excluding hydrogens is 374 g/mol. The van der Waals surface area contributed by atoms with Gasteiger partial charge in [-0.2, -0.15) is 0 Å². The van der Waals surface area contributed by atoms with E-state index >= 15 is 0 Å². The molecule has 0 saturated carbocycles. The van der Waals surface area contributed by atoms with E-state index in [9.17, 15) is 4.79 Å². The van der Waals surface area contributed by atoms with Crippen LogP contribution < -0.4 is 5.56 Å². The predicted molar refractivity (Wildman–Crippen MR) is 120 cm³/mol. The van der Waals surface area contributed by atoms with Crippen LogP contribution in [0.15, 0.2) is 53.3 Å². The topological polar surface area (TPSA) is 65.6 Å². The second kappa shape index (κ2) is 6.76. The lowest BCUT2D eigenvalue weighted by atomic mass is 10.2. The lowest BCUT2D eigenvalue weighted by molar-refractivity contribution is 0.497. The van der Waals surface area contributed by atoms with E-state index in [1.54, 1.807) is 4.57 Å². The van der Waals surface area contributed by atoms with E-state index in [4.69, 9.17) is 15.0 Å². The van der Waals surface area contributed by atoms with Crippen LogP contribution in [0.2, 0.25) is 0 Å². The number of rotatable bonds is 3. The van der Waals surface area contributed by atoms with Crippen LogP contribution in [-0.2, 0) is 0 Å². The zero-order valence-corrected chi connectivity index (χ0v) is 17.5. The van der Waals surface area contributed by atoms with Crippen molar-refractivity contribution >= 4 is 33.2 Å². The van der Waals surface area contributed by atoms with E-state index < -0.39 is 0 Å². The van der Waals surface area contributed by atoms with Gasteiger partial charge in [0, 0.05) is 11.7 Å². The van der Waals surface area contributed by atoms with Crippen molar-refractivity contribution in [3.63, 3.8) is 0 Å². The molecule has 0 saturated heterocycles. The number of aryl methyl sites for hydroxylation is 2. The minimum Gasteiger partial charge on any atom is -0.293 e. The maximum Gasteiger partial charge on any atom is 0.265 e. The second-order valence-electron chi connectivity index (χ2n) is 7.85. The molecule has 0 aliphatic rings. The van der Waals surface area contributed by atoms with E-state index in [-0.39, 0.29) is 11.6 Å². The first kappa shape index (κ1) is 18.5. The van der Waals surface area contributed by atoms with Crippen LogP contribution in [0.4, 0.5) is 0 Å². The highest BCUT2D eigenvalue weighted by Gasteiger charge is 2.23. The van der Waals surface area contributed by atoms with Crippen molar-refractivity contribution < 1.29 is 0 Å². The first-order valence-electron chi connectivity index (χ1n) is 10.3. The molecule has 0 amide bonds. The molecular formula is C24H23N5O. The Balaban J connectivity index is 2.03. The molecule has 0 radical (unpaired) electrons. The molecule has 150 valence electrons. The van der Waals surface area contributed by atoms with Crippen LogP contribution in [0.5, 0.6) is 0 Å². The molecule has 0 N–H and O–H groups in total. The molecule has 6 heteroatoms. The van der Waals surface area contributed by atoms with E-state index in [0.717, 1.165) is 28.7 Å². The summed E-state index contributed by atoms with van der Waals surface area (Å²) in [5, 5.41) is 0.524. The van der Waals surface area contributed by atoms with Gasteiger partial charge in [-0.1, -0.05) is 31.2 Å². The van der Waals surface area contributed by atoms with Crippen molar-refractivity contribution in [1.82, 2.24) is 24.1 Å². The normalized spacial score (nSPS) is 12.8. The monoisotopic (exact) mass is 397 g/mol. The Labute approximate surface area is 173 Å². The van der Waals surface area contributed by atoms with Crippen LogP contribution >= 0.6 is 0 Å². The Hall–Kier alpha value is -3.54. The highest BCUT2D eigenvalue weighted by molar-refractivity contribution is 6.05. The van der Waals surface area contributed by atoms with Gasteiger partial charge < -0.3 is 0 Å². The molecule has 5 aromatic rings. The predicted octanol–water partition coefficient (Wildman–Crippen LogP) is 4.87. The Bertz CT molecular complexity index is 1500. The zero-order valence-electron chi connectivity index (χ0n) is 17.5. The number of fused-ring (bicyclic) bond motifs is 4. The zero-order chi connectivity index (χ0) is 21.0. The van der Waals surface area contributed by atoms with Gasteiger partial charge in [0.05, 0.1) is 11.0 Å². The van der Waals surface area contributed by atoms with Gasteiger partial charge in [-0.15, -0.1) is 0 Å². The molecule has 30 heavy (non-hydrogen) atoms. The summed E-state index contributed by atoms with van der Waals surface area (Å²) in [6.45, 7) is 8.06. The van der Waals surface area contributed by atoms with Gasteiger partial charge in [0.2, 0.25) is 0 Å². The van der Waals surface area contributed by atoms with Crippen molar-refractivity contribution in [3.8, 4) is 5.69 Å². The fraction of sp³-hybridized carbons (Fsp3) is 0.250. The first-order chi connectivity index (χ1) is 14.5. The minimum absolute atomic E-state index is 0.0557. The quantitative estimate of drug-likeness (QED) is 0.436. The molecule has 0 bridgehead atoms. The van der Waals surface area contributed by atoms with Crippen LogP contribution in [0.1, 0.15) is 37.7 Å². The second-order valence-corrected chi connectivity index (χ2v) is 7.85. The standard InChI is InChI=1S/C24H23N5O/c1-5-15(3)28-16(4)25-22-20(24(28)30)21-23(27-19-12-7-6-11-18(19)26-21)29(22)17-10-8-9-14(2)13-17/h6-13,15H,5H2,1-4H3/t15-/m1/s1. The van der Waals surface area contributed by atoms with Crippen molar-refractivity contribution in [2.75, 3.05) is 0 Å². The third-order valence-corrected chi connectivity index (χ3v) is 5.78. The summed E-state index contributed by atoms with van der Waals surface area (Å²) < 4.78 is 3.74. The van der Waals surface area contributed by atoms with Gasteiger partial charge in [0.15, 0.2) is 11.3 Å². The summed E-state index contributed by atoms with van der Waals surface area (Å²) in [5.74, 6) is 0.697. The van der Waals surface area contributed by atoms with Crippen LogP contribution in [0.25, 0.3) is 38.9 Å². The fourth-order valence-electron chi connectivity index (χ4n) is 4.12. The largest absolute Gasteiger partial charge is 0.293 e. The Kier molecular flexibility index (Phi) is 4.17. The van der Waals surface area contributed by atoms with Gasteiger partial charge in [-0.05, 0) is 57.0 Å². The summed E-state index contributed by atoms with van der Waals surface area (Å²) in [5.41, 5.74) is 5.40. The minimum atomic E-state index is -0.0622. The summed E-state index contributed by atoms with van der Waals surface area (Å²) in [7, 11) is 0. The van der Waals surface area contributed by atoms with Gasteiger partial charge >= 0.3 is 0 Å². The maximum atomic E-state index is 13.7. The van der Waals surface area contributed by atoms with Crippen molar-refractivity contribution in [2.45, 2.75) is 40.2 Å². The lowest BCUT2D eigenvalue weighted by Gasteiger charge is -2.16. The summed E-state index contributed by atoms with van der Waals surface area (Å²) in [6.07, 6.45) is 0.846. The Morgan fingerprint density at radius 2 is 1.67 bits per heavy atom. The molecule has 5 rings (SSSR count). The molecule has 2 aromatic carbocycles. The Morgan fingerprint density at radius 3 is 2.37 bits per heavy atom. The highest BCUT2D eigenvalue weighted by Crippen LogP contribution is 2.29. The van der Waals surface area contributed by atoms with Crippen LogP contribution in [0, 0.1) is 13.8 Å². The number of hydrogen-bond acceptors (Lipinski definition) is 4. The molecule has 0 aliphatic heterocycles. The average molecular weight is 397 g/mol. The number of hydrogen-bond donors (Lipinski definition) is 0. The van der Waals surface area contributed by atoms with Gasteiger partial charge in [-0.25, -0.2) is 15.0 Å². The fourth-order valence-corrected chi connectivity index (χ4v) is 4.12. The molecule has 0 aliphatic carbocycles. The molecule has 3 aromatic heterocycles. The molecule has 0 unspecified atom stereocenters. The van der Waals surface area contributed by atoms with Gasteiger partial charge in [0.1, 0.15) is 16.7 Å². The van der Waals surface area contributed by atoms with Crippen molar-refractivity contribution in [1.29, 1.82) is 0 Å². The van der Waals surface area contributed by atoms with Gasteiger partial charge in [0.25, 0.3) is 5.56 Å². The van der Waals surface area contributed by atoms with Gasteiger partial charge in [-0.3, -0.25) is 13.9 Å². The van der Waals surface area contributed by atoms with Crippen molar-refractivity contribution in [3.05, 3.63) is 70.3 Å². The van der Waals surface area contributed by atoms with E-state index in [1.807, 2.05) is 67.8 Å². The van der Waals surface area contributed by atoms with E-state index in [1.165, 1.54) is 0 Å². The number of benzene rings is 2. The molecule has 1 atom stereocenters. The lowest BCUT2D eigenvalue weighted by Crippen LogP contribution is -2.26. The SMILES string of the molecule is CC[C@@H](C)n1c(C)nc2c(c1=O)c1nc3ccccc3nc1n2-c1cccc(C)c1. The number of nitrogens with zero attached hydrogens (tertiary/aromatic N) is 5.